The second kappa shape index (κ2) is 8.47. The largest absolute Gasteiger partial charge is 0.464 e. The van der Waals surface area contributed by atoms with Crippen molar-refractivity contribution in [2.24, 2.45) is 0 Å². The number of Topliss-reactive ketones (excluding diaryl/α,β-unsaturated/α-hetero) is 1. The number of rotatable bonds is 7. The van der Waals surface area contributed by atoms with Gasteiger partial charge in [-0.3, -0.25) is 9.59 Å². The fourth-order valence-electron chi connectivity index (χ4n) is 3.09. The minimum atomic E-state index is -0.737. The van der Waals surface area contributed by atoms with Gasteiger partial charge in [0.05, 0.1) is 12.9 Å². The normalized spacial score (nSPS) is 16.5. The zero-order valence-electron chi connectivity index (χ0n) is 14.4. The molecule has 1 amide bonds. The van der Waals surface area contributed by atoms with Gasteiger partial charge < -0.3 is 14.1 Å². The highest BCUT2D eigenvalue weighted by atomic mass is 16.5. The number of furan rings is 1. The van der Waals surface area contributed by atoms with Crippen LogP contribution in [-0.4, -0.2) is 41.8 Å². The minimum absolute atomic E-state index is 0.0168. The summed E-state index contributed by atoms with van der Waals surface area (Å²) < 4.78 is 10.3. The molecule has 1 fully saturated rings. The summed E-state index contributed by atoms with van der Waals surface area (Å²) in [5.41, 5.74) is 1.19. The molecule has 0 unspecified atom stereocenters. The molecular weight excluding hydrogens is 334 g/mol. The predicted octanol–water partition coefficient (Wildman–Crippen LogP) is 2.63. The molecule has 0 radical (unpaired) electrons. The first-order chi connectivity index (χ1) is 12.7. The van der Waals surface area contributed by atoms with Crippen LogP contribution in [0, 0.1) is 0 Å². The van der Waals surface area contributed by atoms with Gasteiger partial charge in [-0.1, -0.05) is 30.3 Å². The van der Waals surface area contributed by atoms with E-state index in [1.54, 1.807) is 6.07 Å². The van der Waals surface area contributed by atoms with Crippen LogP contribution in [-0.2, 0) is 20.7 Å². The van der Waals surface area contributed by atoms with E-state index in [0.717, 1.165) is 6.42 Å². The second-order valence-corrected chi connectivity index (χ2v) is 6.22. The number of likely N-dealkylation sites (tertiary alicyclic amines) is 1. The number of nitrogens with zero attached hydrogens (tertiary/aromatic N) is 1. The molecule has 1 aliphatic rings. The Balaban J connectivity index is 1.50. The SMILES string of the molecule is O=C(C(=O)N1CCC[C@H]1C(=O)OCCCc1ccccc1)c1ccco1. The van der Waals surface area contributed by atoms with Crippen molar-refractivity contribution in [3.63, 3.8) is 0 Å². The van der Waals surface area contributed by atoms with Crippen molar-refractivity contribution in [3.8, 4) is 0 Å². The van der Waals surface area contributed by atoms with E-state index in [1.165, 1.54) is 22.8 Å². The Labute approximate surface area is 151 Å². The summed E-state index contributed by atoms with van der Waals surface area (Å²) >= 11 is 0. The average Bonchev–Trinajstić information content (AvgIpc) is 3.36. The third-order valence-corrected chi connectivity index (χ3v) is 4.42. The molecule has 0 saturated carbocycles. The maximum atomic E-state index is 12.4. The molecule has 136 valence electrons. The number of esters is 1. The number of amides is 1. The number of hydrogen-bond acceptors (Lipinski definition) is 5. The molecule has 2 heterocycles. The van der Waals surface area contributed by atoms with Gasteiger partial charge in [0.15, 0.2) is 5.76 Å². The number of hydrogen-bond donors (Lipinski definition) is 0. The van der Waals surface area contributed by atoms with E-state index in [-0.39, 0.29) is 5.76 Å². The first kappa shape index (κ1) is 17.9. The highest BCUT2D eigenvalue weighted by Crippen LogP contribution is 2.20. The Morgan fingerprint density at radius 3 is 2.65 bits per heavy atom. The molecular formula is C20H21NO5. The van der Waals surface area contributed by atoms with E-state index in [4.69, 9.17) is 9.15 Å². The zero-order chi connectivity index (χ0) is 18.4. The molecule has 1 aliphatic heterocycles. The molecule has 3 rings (SSSR count). The molecule has 0 N–H and O–H groups in total. The standard InChI is InChI=1S/C20H21NO5/c22-18(17-11-6-13-25-17)19(23)21-12-4-10-16(21)20(24)26-14-5-9-15-7-2-1-3-8-15/h1-3,6-8,11,13,16H,4-5,9-10,12,14H2/t16-/m0/s1. The van der Waals surface area contributed by atoms with Gasteiger partial charge in [-0.2, -0.15) is 0 Å². The van der Waals surface area contributed by atoms with Crippen LogP contribution in [0.3, 0.4) is 0 Å². The lowest BCUT2D eigenvalue weighted by Crippen LogP contribution is -2.44. The summed E-state index contributed by atoms with van der Waals surface area (Å²) in [5, 5.41) is 0. The first-order valence-corrected chi connectivity index (χ1v) is 8.76. The molecule has 0 bridgehead atoms. The van der Waals surface area contributed by atoms with Gasteiger partial charge in [-0.15, -0.1) is 0 Å². The molecule has 1 aromatic carbocycles. The highest BCUT2D eigenvalue weighted by molar-refractivity contribution is 6.42. The van der Waals surface area contributed by atoms with Crippen molar-refractivity contribution in [2.75, 3.05) is 13.2 Å². The van der Waals surface area contributed by atoms with E-state index in [1.807, 2.05) is 30.3 Å². The van der Waals surface area contributed by atoms with Crippen molar-refractivity contribution in [1.29, 1.82) is 0 Å². The number of carbonyl (C=O) groups is 3. The van der Waals surface area contributed by atoms with Crippen molar-refractivity contribution in [2.45, 2.75) is 31.7 Å². The Hall–Kier alpha value is -2.89. The lowest BCUT2D eigenvalue weighted by atomic mass is 10.1. The minimum Gasteiger partial charge on any atom is -0.464 e. The molecule has 0 aliphatic carbocycles. The first-order valence-electron chi connectivity index (χ1n) is 8.76. The van der Waals surface area contributed by atoms with E-state index in [9.17, 15) is 14.4 Å². The summed E-state index contributed by atoms with van der Waals surface area (Å²) in [5.74, 6) is -1.92. The van der Waals surface area contributed by atoms with Crippen LogP contribution in [0.5, 0.6) is 0 Å². The Morgan fingerprint density at radius 1 is 1.12 bits per heavy atom. The van der Waals surface area contributed by atoms with Gasteiger partial charge in [0.2, 0.25) is 0 Å². The lowest BCUT2D eigenvalue weighted by molar-refractivity contribution is -0.152. The summed E-state index contributed by atoms with van der Waals surface area (Å²) in [6.07, 6.45) is 4.04. The van der Waals surface area contributed by atoms with Crippen LogP contribution in [0.4, 0.5) is 0 Å². The molecule has 1 atom stereocenters. The van der Waals surface area contributed by atoms with Crippen LogP contribution < -0.4 is 0 Å². The summed E-state index contributed by atoms with van der Waals surface area (Å²) in [7, 11) is 0. The van der Waals surface area contributed by atoms with E-state index >= 15 is 0 Å². The molecule has 1 saturated heterocycles. The summed E-state index contributed by atoms with van der Waals surface area (Å²) in [6, 6.07) is 12.2. The number of benzene rings is 1. The predicted molar refractivity (Wildman–Crippen MR) is 93.5 cm³/mol. The van der Waals surface area contributed by atoms with Crippen LogP contribution in [0.25, 0.3) is 0 Å². The van der Waals surface area contributed by atoms with Crippen LogP contribution in [0.2, 0.25) is 0 Å². The number of aryl methyl sites for hydroxylation is 1. The van der Waals surface area contributed by atoms with Crippen molar-refractivity contribution >= 4 is 17.7 Å². The van der Waals surface area contributed by atoms with E-state index < -0.39 is 23.7 Å². The molecule has 26 heavy (non-hydrogen) atoms. The van der Waals surface area contributed by atoms with E-state index in [2.05, 4.69) is 0 Å². The number of ketones is 1. The maximum Gasteiger partial charge on any atom is 0.328 e. The Morgan fingerprint density at radius 2 is 1.92 bits per heavy atom. The zero-order valence-corrected chi connectivity index (χ0v) is 14.4. The smallest absolute Gasteiger partial charge is 0.328 e. The third-order valence-electron chi connectivity index (χ3n) is 4.42. The Kier molecular flexibility index (Phi) is 5.84. The van der Waals surface area contributed by atoms with Gasteiger partial charge in [-0.25, -0.2) is 4.79 Å². The fourth-order valence-corrected chi connectivity index (χ4v) is 3.09. The molecule has 6 nitrogen and oxygen atoms in total. The quantitative estimate of drug-likeness (QED) is 0.330. The van der Waals surface area contributed by atoms with Crippen LogP contribution in [0.1, 0.15) is 35.4 Å². The van der Waals surface area contributed by atoms with Gasteiger partial charge in [-0.05, 0) is 43.4 Å². The van der Waals surface area contributed by atoms with Crippen LogP contribution in [0.15, 0.2) is 53.1 Å². The Bertz CT molecular complexity index is 754. The monoisotopic (exact) mass is 355 g/mol. The van der Waals surface area contributed by atoms with Gasteiger partial charge >= 0.3 is 5.97 Å². The fraction of sp³-hybridized carbons (Fsp3) is 0.350. The van der Waals surface area contributed by atoms with Crippen molar-refractivity contribution in [3.05, 3.63) is 60.1 Å². The van der Waals surface area contributed by atoms with Crippen LogP contribution >= 0.6 is 0 Å². The topological polar surface area (TPSA) is 76.8 Å². The summed E-state index contributed by atoms with van der Waals surface area (Å²) in [6.45, 7) is 0.660. The van der Waals surface area contributed by atoms with Gasteiger partial charge in [0.1, 0.15) is 6.04 Å². The second-order valence-electron chi connectivity index (χ2n) is 6.22. The van der Waals surface area contributed by atoms with Crippen molar-refractivity contribution < 1.29 is 23.5 Å². The maximum absolute atomic E-state index is 12.4. The highest BCUT2D eigenvalue weighted by Gasteiger charge is 2.38. The van der Waals surface area contributed by atoms with Gasteiger partial charge in [0, 0.05) is 6.54 Å². The molecule has 6 heteroatoms. The average molecular weight is 355 g/mol. The van der Waals surface area contributed by atoms with Crippen molar-refractivity contribution in [1.82, 2.24) is 4.90 Å². The molecule has 2 aromatic rings. The molecule has 0 spiro atoms. The molecule has 1 aromatic heterocycles. The van der Waals surface area contributed by atoms with E-state index in [0.29, 0.717) is 32.4 Å². The number of ether oxygens (including phenoxy) is 1. The summed E-state index contributed by atoms with van der Waals surface area (Å²) in [4.78, 5) is 38.1. The van der Waals surface area contributed by atoms with Gasteiger partial charge in [0.25, 0.3) is 11.7 Å². The third kappa shape index (κ3) is 4.20. The lowest BCUT2D eigenvalue weighted by Gasteiger charge is -2.22. The number of carbonyl (C=O) groups excluding carboxylic acids is 3.